The van der Waals surface area contributed by atoms with Gasteiger partial charge in [-0.05, 0) is 25.1 Å². The van der Waals surface area contributed by atoms with Crippen LogP contribution in [0.2, 0.25) is 0 Å². The molecular formula is C20H20F3N5O3. The molecule has 1 aliphatic rings. The van der Waals surface area contributed by atoms with Crippen LogP contribution in [0.1, 0.15) is 18.7 Å². The number of anilines is 1. The van der Waals surface area contributed by atoms with Gasteiger partial charge in [-0.15, -0.1) is 0 Å². The molecule has 0 saturated carbocycles. The Balaban J connectivity index is 1.90. The number of alkyl halides is 3. The molecule has 1 saturated heterocycles. The summed E-state index contributed by atoms with van der Waals surface area (Å²) in [5.74, 6) is 0.455. The number of ether oxygens (including phenoxy) is 1. The molecule has 4 heterocycles. The molecule has 164 valence electrons. The summed E-state index contributed by atoms with van der Waals surface area (Å²) in [7, 11) is 0. The van der Waals surface area contributed by atoms with E-state index in [1.165, 1.54) is 23.0 Å². The van der Waals surface area contributed by atoms with Gasteiger partial charge in [0.05, 0.1) is 43.3 Å². The van der Waals surface area contributed by atoms with Gasteiger partial charge in [0.25, 0.3) is 5.56 Å². The highest BCUT2D eigenvalue weighted by atomic mass is 19.4. The number of halogens is 3. The first kappa shape index (κ1) is 21.2. The van der Waals surface area contributed by atoms with Crippen molar-refractivity contribution < 1.29 is 23.0 Å². The Morgan fingerprint density at radius 2 is 1.97 bits per heavy atom. The molecule has 0 spiro atoms. The van der Waals surface area contributed by atoms with Gasteiger partial charge in [-0.1, -0.05) is 0 Å². The lowest BCUT2D eigenvalue weighted by molar-refractivity contribution is -0.141. The number of aromatic nitrogens is 4. The first-order chi connectivity index (χ1) is 14.8. The molecule has 0 aliphatic carbocycles. The van der Waals surface area contributed by atoms with Crippen LogP contribution in [0.4, 0.5) is 19.0 Å². The molecule has 8 nitrogen and oxygen atoms in total. The van der Waals surface area contributed by atoms with Gasteiger partial charge in [0.15, 0.2) is 5.82 Å². The second kappa shape index (κ2) is 8.23. The SMILES string of the molecule is C[C@@H](CO)n1cnc2c(N3CCOCC3)nc(-c3ccc(C(F)(F)F)nc3)cc2c1=O. The highest BCUT2D eigenvalue weighted by Crippen LogP contribution is 2.31. The highest BCUT2D eigenvalue weighted by Gasteiger charge is 2.32. The molecule has 1 aliphatic heterocycles. The van der Waals surface area contributed by atoms with E-state index in [4.69, 9.17) is 4.74 Å². The lowest BCUT2D eigenvalue weighted by Crippen LogP contribution is -2.37. The normalized spacial score (nSPS) is 16.0. The number of nitrogens with zero attached hydrogens (tertiary/aromatic N) is 5. The quantitative estimate of drug-likeness (QED) is 0.672. The van der Waals surface area contributed by atoms with E-state index >= 15 is 0 Å². The van der Waals surface area contributed by atoms with Crippen molar-refractivity contribution in [1.82, 2.24) is 19.5 Å². The van der Waals surface area contributed by atoms with Crippen molar-refractivity contribution in [2.45, 2.75) is 19.1 Å². The maximum atomic E-state index is 13.1. The van der Waals surface area contributed by atoms with Crippen molar-refractivity contribution in [2.24, 2.45) is 0 Å². The number of hydrogen-bond donors (Lipinski definition) is 1. The zero-order chi connectivity index (χ0) is 22.2. The number of pyridine rings is 2. The topological polar surface area (TPSA) is 93.4 Å². The zero-order valence-electron chi connectivity index (χ0n) is 16.6. The molecule has 0 unspecified atom stereocenters. The minimum absolute atomic E-state index is 0.246. The maximum absolute atomic E-state index is 13.1. The van der Waals surface area contributed by atoms with Crippen LogP contribution in [0.25, 0.3) is 22.2 Å². The van der Waals surface area contributed by atoms with Gasteiger partial charge in [-0.3, -0.25) is 14.3 Å². The summed E-state index contributed by atoms with van der Waals surface area (Å²) >= 11 is 0. The van der Waals surface area contributed by atoms with Crippen molar-refractivity contribution in [3.8, 4) is 11.3 Å². The average molecular weight is 435 g/mol. The molecule has 0 aromatic carbocycles. The predicted molar refractivity (Wildman–Crippen MR) is 107 cm³/mol. The summed E-state index contributed by atoms with van der Waals surface area (Å²) < 4.78 is 45.3. The summed E-state index contributed by atoms with van der Waals surface area (Å²) in [6, 6.07) is 3.17. The lowest BCUT2D eigenvalue weighted by Gasteiger charge is -2.29. The van der Waals surface area contributed by atoms with E-state index in [0.29, 0.717) is 48.9 Å². The third-order valence-electron chi connectivity index (χ3n) is 5.15. The second-order valence-electron chi connectivity index (χ2n) is 7.25. The van der Waals surface area contributed by atoms with E-state index < -0.39 is 17.9 Å². The predicted octanol–water partition coefficient (Wildman–Crippen LogP) is 2.26. The molecule has 0 bridgehead atoms. The van der Waals surface area contributed by atoms with Gasteiger partial charge in [0.1, 0.15) is 11.2 Å². The van der Waals surface area contributed by atoms with Crippen molar-refractivity contribution in [3.63, 3.8) is 0 Å². The molecule has 31 heavy (non-hydrogen) atoms. The van der Waals surface area contributed by atoms with Crippen LogP contribution in [-0.4, -0.2) is 57.5 Å². The Labute approximate surface area is 174 Å². The number of aliphatic hydroxyl groups is 1. The summed E-state index contributed by atoms with van der Waals surface area (Å²) in [5, 5.41) is 9.70. The Hall–Kier alpha value is -3.05. The van der Waals surface area contributed by atoms with E-state index in [1.807, 2.05) is 4.90 Å². The fourth-order valence-electron chi connectivity index (χ4n) is 3.39. The van der Waals surface area contributed by atoms with Crippen LogP contribution in [-0.2, 0) is 10.9 Å². The Kier molecular flexibility index (Phi) is 5.63. The first-order valence-corrected chi connectivity index (χ1v) is 9.68. The monoisotopic (exact) mass is 435 g/mol. The van der Waals surface area contributed by atoms with Crippen molar-refractivity contribution in [1.29, 1.82) is 0 Å². The van der Waals surface area contributed by atoms with E-state index in [-0.39, 0.29) is 17.6 Å². The minimum atomic E-state index is -4.55. The third kappa shape index (κ3) is 4.10. The minimum Gasteiger partial charge on any atom is -0.394 e. The number of fused-ring (bicyclic) bond motifs is 1. The number of rotatable bonds is 4. The van der Waals surface area contributed by atoms with Crippen LogP contribution >= 0.6 is 0 Å². The molecule has 11 heteroatoms. The molecule has 3 aromatic rings. The maximum Gasteiger partial charge on any atom is 0.433 e. The van der Waals surface area contributed by atoms with Crippen LogP contribution in [0.3, 0.4) is 0 Å². The van der Waals surface area contributed by atoms with Gasteiger partial charge in [0.2, 0.25) is 0 Å². The molecule has 3 aromatic heterocycles. The lowest BCUT2D eigenvalue weighted by atomic mass is 10.1. The molecule has 1 N–H and O–H groups in total. The van der Waals surface area contributed by atoms with Gasteiger partial charge >= 0.3 is 6.18 Å². The molecule has 4 rings (SSSR count). The molecular weight excluding hydrogens is 415 g/mol. The second-order valence-corrected chi connectivity index (χ2v) is 7.25. The fourth-order valence-corrected chi connectivity index (χ4v) is 3.39. The Bertz CT molecular complexity index is 1140. The van der Waals surface area contributed by atoms with Crippen LogP contribution < -0.4 is 10.5 Å². The summed E-state index contributed by atoms with van der Waals surface area (Å²) in [5.41, 5.74) is -0.342. The fraction of sp³-hybridized carbons (Fsp3) is 0.400. The number of aliphatic hydroxyl groups excluding tert-OH is 1. The molecule has 0 amide bonds. The number of morpholine rings is 1. The summed E-state index contributed by atoms with van der Waals surface area (Å²) in [4.78, 5) is 27.6. The zero-order valence-corrected chi connectivity index (χ0v) is 16.6. The van der Waals surface area contributed by atoms with Crippen molar-refractivity contribution in [3.05, 3.63) is 46.8 Å². The van der Waals surface area contributed by atoms with E-state index in [2.05, 4.69) is 15.0 Å². The Morgan fingerprint density at radius 1 is 1.23 bits per heavy atom. The molecule has 1 atom stereocenters. The van der Waals surface area contributed by atoms with Gasteiger partial charge in [-0.25, -0.2) is 9.97 Å². The van der Waals surface area contributed by atoms with E-state index in [0.717, 1.165) is 12.3 Å². The van der Waals surface area contributed by atoms with Gasteiger partial charge in [0, 0.05) is 24.8 Å². The largest absolute Gasteiger partial charge is 0.433 e. The number of hydrogen-bond acceptors (Lipinski definition) is 7. The molecule has 0 radical (unpaired) electrons. The van der Waals surface area contributed by atoms with E-state index in [9.17, 15) is 23.1 Å². The van der Waals surface area contributed by atoms with Crippen molar-refractivity contribution in [2.75, 3.05) is 37.8 Å². The summed E-state index contributed by atoms with van der Waals surface area (Å²) in [6.07, 6.45) is -2.09. The summed E-state index contributed by atoms with van der Waals surface area (Å²) in [6.45, 7) is 3.47. The van der Waals surface area contributed by atoms with Crippen LogP contribution in [0.15, 0.2) is 35.5 Å². The molecule has 1 fully saturated rings. The van der Waals surface area contributed by atoms with Crippen LogP contribution in [0, 0.1) is 0 Å². The van der Waals surface area contributed by atoms with Gasteiger partial charge < -0.3 is 14.7 Å². The standard InChI is InChI=1S/C20H20F3N5O3/c1-12(10-29)28-11-25-17-14(19(28)30)8-15(26-18(17)27-4-6-31-7-5-27)13-2-3-16(24-9-13)20(21,22)23/h2-3,8-9,11-12,29H,4-7,10H2,1H3/t12-/m0/s1. The van der Waals surface area contributed by atoms with E-state index in [1.54, 1.807) is 6.92 Å². The highest BCUT2D eigenvalue weighted by molar-refractivity contribution is 5.91. The Morgan fingerprint density at radius 3 is 2.58 bits per heavy atom. The average Bonchev–Trinajstić information content (AvgIpc) is 2.78. The van der Waals surface area contributed by atoms with Gasteiger partial charge in [-0.2, -0.15) is 13.2 Å². The van der Waals surface area contributed by atoms with Crippen molar-refractivity contribution >= 4 is 16.7 Å². The first-order valence-electron chi connectivity index (χ1n) is 9.68. The third-order valence-corrected chi connectivity index (χ3v) is 5.15. The van der Waals surface area contributed by atoms with Crippen LogP contribution in [0.5, 0.6) is 0 Å². The smallest absolute Gasteiger partial charge is 0.394 e.